The Morgan fingerprint density at radius 1 is 1.56 bits per heavy atom. The molecular weight excluding hydrogens is 334 g/mol. The van der Waals surface area contributed by atoms with Crippen LogP contribution in [0.2, 0.25) is 0 Å². The Balaban J connectivity index is 2.83. The van der Waals surface area contributed by atoms with Gasteiger partial charge in [-0.25, -0.2) is 8.78 Å². The van der Waals surface area contributed by atoms with Gasteiger partial charge in [0.1, 0.15) is 0 Å². The Labute approximate surface area is 114 Å². The standard InChI is InChI=1S/C9H9BrF2N2O3S/c10-3-4-13(5-7(11)12)9(15)6-1-2-8(18-6)14(16)17/h1-2,7H,3-5H2. The van der Waals surface area contributed by atoms with E-state index >= 15 is 0 Å². The maximum absolute atomic E-state index is 12.3. The highest BCUT2D eigenvalue weighted by molar-refractivity contribution is 9.09. The van der Waals surface area contributed by atoms with Crippen molar-refractivity contribution in [2.24, 2.45) is 0 Å². The van der Waals surface area contributed by atoms with Crippen molar-refractivity contribution in [3.63, 3.8) is 0 Å². The summed E-state index contributed by atoms with van der Waals surface area (Å²) in [6, 6.07) is 2.46. The van der Waals surface area contributed by atoms with E-state index in [1.807, 2.05) is 0 Å². The van der Waals surface area contributed by atoms with Crippen LogP contribution in [0.1, 0.15) is 9.67 Å². The van der Waals surface area contributed by atoms with E-state index in [1.165, 1.54) is 12.1 Å². The fourth-order valence-electron chi connectivity index (χ4n) is 1.24. The van der Waals surface area contributed by atoms with Gasteiger partial charge in [0.25, 0.3) is 12.3 Å². The molecule has 1 aromatic heterocycles. The van der Waals surface area contributed by atoms with Crippen molar-refractivity contribution in [2.75, 3.05) is 18.4 Å². The molecule has 100 valence electrons. The Morgan fingerprint density at radius 2 is 2.22 bits per heavy atom. The smallest absolute Gasteiger partial charge is 0.324 e. The summed E-state index contributed by atoms with van der Waals surface area (Å²) in [6.07, 6.45) is -2.64. The fraction of sp³-hybridized carbons (Fsp3) is 0.444. The van der Waals surface area contributed by atoms with E-state index < -0.39 is 23.8 Å². The summed E-state index contributed by atoms with van der Waals surface area (Å²) >= 11 is 3.75. The van der Waals surface area contributed by atoms with Crippen LogP contribution in [0.5, 0.6) is 0 Å². The molecular formula is C9H9BrF2N2O3S. The second-order valence-corrected chi connectivity index (χ2v) is 5.08. The molecule has 1 aromatic rings. The third-order valence-electron chi connectivity index (χ3n) is 1.98. The van der Waals surface area contributed by atoms with Crippen molar-refractivity contribution in [1.29, 1.82) is 0 Å². The van der Waals surface area contributed by atoms with Crippen molar-refractivity contribution in [2.45, 2.75) is 6.43 Å². The van der Waals surface area contributed by atoms with Gasteiger partial charge in [0.2, 0.25) is 0 Å². The lowest BCUT2D eigenvalue weighted by Gasteiger charge is -2.20. The van der Waals surface area contributed by atoms with Gasteiger partial charge in [0.15, 0.2) is 0 Å². The van der Waals surface area contributed by atoms with Gasteiger partial charge in [-0.3, -0.25) is 14.9 Å². The Hall–Kier alpha value is -1.09. The quantitative estimate of drug-likeness (QED) is 0.453. The second kappa shape index (κ2) is 6.74. The molecule has 0 radical (unpaired) electrons. The fourth-order valence-corrected chi connectivity index (χ4v) is 2.46. The molecule has 0 aliphatic carbocycles. The van der Waals surface area contributed by atoms with Crippen molar-refractivity contribution < 1.29 is 18.5 Å². The first-order valence-corrected chi connectivity index (χ1v) is 6.77. The van der Waals surface area contributed by atoms with Crippen LogP contribution < -0.4 is 0 Å². The first kappa shape index (κ1) is 15.0. The maximum atomic E-state index is 12.3. The largest absolute Gasteiger partial charge is 0.331 e. The average Bonchev–Trinajstić information content (AvgIpc) is 2.76. The summed E-state index contributed by atoms with van der Waals surface area (Å²) in [4.78, 5) is 22.8. The number of nitro groups is 1. The third kappa shape index (κ3) is 3.98. The molecule has 0 atom stereocenters. The minimum absolute atomic E-state index is 0.0864. The lowest BCUT2D eigenvalue weighted by Crippen LogP contribution is -2.36. The molecule has 1 amide bonds. The molecule has 0 saturated heterocycles. The lowest BCUT2D eigenvalue weighted by molar-refractivity contribution is -0.380. The van der Waals surface area contributed by atoms with E-state index in [9.17, 15) is 23.7 Å². The Morgan fingerprint density at radius 3 is 2.67 bits per heavy atom. The first-order valence-electron chi connectivity index (χ1n) is 4.83. The van der Waals surface area contributed by atoms with Gasteiger partial charge in [-0.05, 0) is 6.07 Å². The Bertz CT molecular complexity index is 441. The number of carbonyl (C=O) groups is 1. The number of nitrogens with zero attached hydrogens (tertiary/aromatic N) is 2. The predicted octanol–water partition coefficient (Wildman–Crippen LogP) is 2.76. The van der Waals surface area contributed by atoms with E-state index in [0.717, 1.165) is 4.90 Å². The summed E-state index contributed by atoms with van der Waals surface area (Å²) in [5.74, 6) is -0.618. The summed E-state index contributed by atoms with van der Waals surface area (Å²) in [5.41, 5.74) is 0. The van der Waals surface area contributed by atoms with Gasteiger partial charge >= 0.3 is 5.00 Å². The van der Waals surface area contributed by atoms with Crippen LogP contribution >= 0.6 is 27.3 Å². The third-order valence-corrected chi connectivity index (χ3v) is 3.36. The summed E-state index contributed by atoms with van der Waals surface area (Å²) in [7, 11) is 0. The molecule has 1 heterocycles. The van der Waals surface area contributed by atoms with Crippen molar-refractivity contribution in [1.82, 2.24) is 4.90 Å². The highest BCUT2D eigenvalue weighted by Gasteiger charge is 2.22. The second-order valence-electron chi connectivity index (χ2n) is 3.23. The number of amides is 1. The number of alkyl halides is 3. The van der Waals surface area contributed by atoms with Crippen LogP contribution in [0.15, 0.2) is 12.1 Å². The molecule has 0 aliphatic heterocycles. The number of rotatable bonds is 6. The zero-order chi connectivity index (χ0) is 13.7. The number of hydrogen-bond donors (Lipinski definition) is 0. The highest BCUT2D eigenvalue weighted by atomic mass is 79.9. The molecule has 1 rings (SSSR count). The number of thiophene rings is 1. The molecule has 5 nitrogen and oxygen atoms in total. The molecule has 0 fully saturated rings. The zero-order valence-electron chi connectivity index (χ0n) is 9.01. The average molecular weight is 343 g/mol. The monoisotopic (exact) mass is 342 g/mol. The number of carbonyl (C=O) groups excluding carboxylic acids is 1. The lowest BCUT2D eigenvalue weighted by atomic mass is 10.4. The molecule has 0 spiro atoms. The van der Waals surface area contributed by atoms with Crippen molar-refractivity contribution in [3.8, 4) is 0 Å². The maximum Gasteiger partial charge on any atom is 0.324 e. The van der Waals surface area contributed by atoms with Crippen LogP contribution in [0, 0.1) is 10.1 Å². The minimum atomic E-state index is -2.64. The molecule has 0 N–H and O–H groups in total. The number of halogens is 3. The molecule has 0 aliphatic rings. The molecule has 0 unspecified atom stereocenters. The van der Waals surface area contributed by atoms with Gasteiger partial charge in [0, 0.05) is 17.9 Å². The van der Waals surface area contributed by atoms with Gasteiger partial charge in [-0.15, -0.1) is 0 Å². The van der Waals surface area contributed by atoms with Gasteiger partial charge in [0.05, 0.1) is 16.3 Å². The highest BCUT2D eigenvalue weighted by Crippen LogP contribution is 2.25. The van der Waals surface area contributed by atoms with E-state index in [4.69, 9.17) is 0 Å². The molecule has 0 bridgehead atoms. The van der Waals surface area contributed by atoms with Crippen LogP contribution in [0.3, 0.4) is 0 Å². The van der Waals surface area contributed by atoms with E-state index in [2.05, 4.69) is 15.9 Å². The van der Waals surface area contributed by atoms with Crippen molar-refractivity contribution >= 4 is 38.2 Å². The summed E-state index contributed by atoms with van der Waals surface area (Å²) < 4.78 is 24.6. The summed E-state index contributed by atoms with van der Waals surface area (Å²) in [5, 5.41) is 10.6. The SMILES string of the molecule is O=C(c1ccc([N+](=O)[O-])s1)N(CCBr)CC(F)F. The van der Waals surface area contributed by atoms with Crippen LogP contribution in [-0.4, -0.2) is 40.6 Å². The molecule has 18 heavy (non-hydrogen) atoms. The molecule has 0 aromatic carbocycles. The van der Waals surface area contributed by atoms with Crippen LogP contribution in [0.4, 0.5) is 13.8 Å². The van der Waals surface area contributed by atoms with E-state index in [-0.39, 0.29) is 16.4 Å². The van der Waals surface area contributed by atoms with Crippen molar-refractivity contribution in [3.05, 3.63) is 27.1 Å². The molecule has 0 saturated carbocycles. The van der Waals surface area contributed by atoms with Crippen LogP contribution in [0.25, 0.3) is 0 Å². The van der Waals surface area contributed by atoms with E-state index in [1.54, 1.807) is 0 Å². The Kier molecular flexibility index (Phi) is 5.60. The topological polar surface area (TPSA) is 63.4 Å². The van der Waals surface area contributed by atoms with Gasteiger partial charge in [-0.2, -0.15) is 0 Å². The summed E-state index contributed by atoms with van der Waals surface area (Å²) in [6.45, 7) is -0.564. The number of hydrogen-bond acceptors (Lipinski definition) is 4. The predicted molar refractivity (Wildman–Crippen MR) is 66.7 cm³/mol. The first-order chi connectivity index (χ1) is 8.45. The van der Waals surface area contributed by atoms with Crippen LogP contribution in [-0.2, 0) is 0 Å². The van der Waals surface area contributed by atoms with Gasteiger partial charge in [-0.1, -0.05) is 27.3 Å². The van der Waals surface area contributed by atoms with Gasteiger partial charge < -0.3 is 4.90 Å². The normalized spacial score (nSPS) is 10.7. The minimum Gasteiger partial charge on any atom is -0.331 e. The zero-order valence-corrected chi connectivity index (χ0v) is 11.4. The molecule has 9 heteroatoms. The van der Waals surface area contributed by atoms with E-state index in [0.29, 0.717) is 16.7 Å².